The van der Waals surface area contributed by atoms with Gasteiger partial charge in [-0.05, 0) is 43.9 Å². The highest BCUT2D eigenvalue weighted by Crippen LogP contribution is 2.13. The van der Waals surface area contributed by atoms with Gasteiger partial charge in [-0.1, -0.05) is 40.2 Å². The lowest BCUT2D eigenvalue weighted by Crippen LogP contribution is -1.83. The third kappa shape index (κ3) is 4.28. The Kier molecular flexibility index (Phi) is 4.84. The Bertz CT molecular complexity index is 276. The summed E-state index contributed by atoms with van der Waals surface area (Å²) in [5.41, 5.74) is 1.42. The summed E-state index contributed by atoms with van der Waals surface area (Å²) in [5.74, 6) is 0. The maximum absolute atomic E-state index is 3.47. The molecule has 1 aromatic rings. The quantitative estimate of drug-likeness (QED) is 0.541. The van der Waals surface area contributed by atoms with E-state index in [9.17, 15) is 0 Å². The van der Waals surface area contributed by atoms with E-state index in [1.807, 2.05) is 0 Å². The van der Waals surface area contributed by atoms with E-state index in [2.05, 4.69) is 59.3 Å². The van der Waals surface area contributed by atoms with Crippen molar-refractivity contribution >= 4 is 15.9 Å². The fraction of sp³-hybridized carbons (Fsp3) is 0.333. The molecule has 0 N–H and O–H groups in total. The molecule has 0 amide bonds. The molecule has 0 bridgehead atoms. The van der Waals surface area contributed by atoms with Gasteiger partial charge in [0, 0.05) is 4.47 Å². The molecule has 13 heavy (non-hydrogen) atoms. The molecule has 0 heterocycles. The highest BCUT2D eigenvalue weighted by molar-refractivity contribution is 9.10. The minimum atomic E-state index is 1.17. The first-order chi connectivity index (χ1) is 6.33. The molecule has 0 saturated carbocycles. The molecule has 1 rings (SSSR count). The van der Waals surface area contributed by atoms with Crippen LogP contribution in [0.2, 0.25) is 0 Å². The van der Waals surface area contributed by atoms with E-state index in [-0.39, 0.29) is 0 Å². The van der Waals surface area contributed by atoms with E-state index < -0.39 is 0 Å². The molecule has 0 saturated heterocycles. The molecule has 0 aliphatic rings. The molecule has 0 fully saturated rings. The summed E-state index contributed by atoms with van der Waals surface area (Å²) < 4.78 is 1.18. The molecule has 0 spiro atoms. The molecular formula is C12H15Br. The lowest BCUT2D eigenvalue weighted by Gasteiger charge is -1.99. The smallest absolute Gasteiger partial charge is 0.0177 e. The average molecular weight is 239 g/mol. The van der Waals surface area contributed by atoms with Crippen LogP contribution in [0.4, 0.5) is 0 Å². The predicted molar refractivity (Wildman–Crippen MR) is 61.9 cm³/mol. The normalized spacial score (nSPS) is 10.9. The summed E-state index contributed by atoms with van der Waals surface area (Å²) in [6.07, 6.45) is 7.92. The monoisotopic (exact) mass is 238 g/mol. The Morgan fingerprint density at radius 3 is 2.92 bits per heavy atom. The van der Waals surface area contributed by atoms with Crippen molar-refractivity contribution in [3.63, 3.8) is 0 Å². The molecule has 0 aliphatic heterocycles. The van der Waals surface area contributed by atoms with Crippen molar-refractivity contribution in [1.82, 2.24) is 0 Å². The van der Waals surface area contributed by atoms with Crippen molar-refractivity contribution in [3.05, 3.63) is 46.5 Å². The van der Waals surface area contributed by atoms with Gasteiger partial charge in [0.2, 0.25) is 0 Å². The zero-order chi connectivity index (χ0) is 9.52. The number of rotatable bonds is 4. The second kappa shape index (κ2) is 5.98. The van der Waals surface area contributed by atoms with Crippen LogP contribution in [-0.4, -0.2) is 0 Å². The van der Waals surface area contributed by atoms with E-state index in [4.69, 9.17) is 0 Å². The Labute approximate surface area is 88.8 Å². The van der Waals surface area contributed by atoms with Gasteiger partial charge in [-0.15, -0.1) is 0 Å². The van der Waals surface area contributed by atoms with Gasteiger partial charge in [0.1, 0.15) is 0 Å². The standard InChI is InChI=1S/C12H15Br/c1-2-3-4-5-7-11-8-6-9-12(13)10-11/h2-3,6,8-10H,4-5,7H2,1H3. The number of halogens is 1. The molecule has 1 heteroatoms. The Balaban J connectivity index is 2.36. The lowest BCUT2D eigenvalue weighted by molar-refractivity contribution is 0.841. The van der Waals surface area contributed by atoms with E-state index >= 15 is 0 Å². The molecule has 0 atom stereocenters. The topological polar surface area (TPSA) is 0 Å². The molecule has 0 aliphatic carbocycles. The lowest BCUT2D eigenvalue weighted by atomic mass is 10.1. The predicted octanol–water partition coefficient (Wildman–Crippen LogP) is 4.35. The van der Waals surface area contributed by atoms with Crippen molar-refractivity contribution in [2.45, 2.75) is 26.2 Å². The minimum Gasteiger partial charge on any atom is -0.0917 e. The highest BCUT2D eigenvalue weighted by Gasteiger charge is 1.92. The first kappa shape index (κ1) is 10.5. The summed E-state index contributed by atoms with van der Waals surface area (Å²) in [6, 6.07) is 8.53. The number of unbranched alkanes of at least 4 members (excludes halogenated alkanes) is 1. The van der Waals surface area contributed by atoms with E-state index in [1.165, 1.54) is 29.3 Å². The highest BCUT2D eigenvalue weighted by atomic mass is 79.9. The number of hydrogen-bond acceptors (Lipinski definition) is 0. The number of hydrogen-bond donors (Lipinski definition) is 0. The van der Waals surface area contributed by atoms with Gasteiger partial charge in [-0.25, -0.2) is 0 Å². The molecule has 0 unspecified atom stereocenters. The summed E-state index contributed by atoms with van der Waals surface area (Å²) >= 11 is 3.47. The zero-order valence-electron chi connectivity index (χ0n) is 7.96. The first-order valence-corrected chi connectivity index (χ1v) is 5.48. The van der Waals surface area contributed by atoms with Gasteiger partial charge >= 0.3 is 0 Å². The van der Waals surface area contributed by atoms with Crippen LogP contribution in [-0.2, 0) is 6.42 Å². The van der Waals surface area contributed by atoms with Crippen molar-refractivity contribution in [3.8, 4) is 0 Å². The van der Waals surface area contributed by atoms with Crippen LogP contribution in [0.3, 0.4) is 0 Å². The van der Waals surface area contributed by atoms with Crippen LogP contribution in [0.15, 0.2) is 40.9 Å². The van der Waals surface area contributed by atoms with Crippen LogP contribution in [0.1, 0.15) is 25.3 Å². The molecular weight excluding hydrogens is 224 g/mol. The van der Waals surface area contributed by atoms with Gasteiger partial charge in [-0.2, -0.15) is 0 Å². The molecule has 70 valence electrons. The van der Waals surface area contributed by atoms with Crippen LogP contribution in [0.5, 0.6) is 0 Å². The Morgan fingerprint density at radius 1 is 1.38 bits per heavy atom. The summed E-state index contributed by atoms with van der Waals surface area (Å²) in [4.78, 5) is 0. The van der Waals surface area contributed by atoms with Gasteiger partial charge in [0.05, 0.1) is 0 Å². The third-order valence-electron chi connectivity index (χ3n) is 1.96. The Hall–Kier alpha value is -0.560. The van der Waals surface area contributed by atoms with Gasteiger partial charge in [0.25, 0.3) is 0 Å². The first-order valence-electron chi connectivity index (χ1n) is 4.68. The molecule has 0 radical (unpaired) electrons. The molecule has 0 aromatic heterocycles. The fourth-order valence-electron chi connectivity index (χ4n) is 1.28. The largest absolute Gasteiger partial charge is 0.0917 e. The fourth-order valence-corrected chi connectivity index (χ4v) is 1.73. The van der Waals surface area contributed by atoms with Gasteiger partial charge in [-0.3, -0.25) is 0 Å². The van der Waals surface area contributed by atoms with E-state index in [0.717, 1.165) is 0 Å². The number of benzene rings is 1. The van der Waals surface area contributed by atoms with Gasteiger partial charge in [0.15, 0.2) is 0 Å². The van der Waals surface area contributed by atoms with Gasteiger partial charge < -0.3 is 0 Å². The summed E-state index contributed by atoms with van der Waals surface area (Å²) in [6.45, 7) is 2.07. The van der Waals surface area contributed by atoms with Crippen LogP contribution in [0, 0.1) is 0 Å². The average Bonchev–Trinajstić information content (AvgIpc) is 2.13. The van der Waals surface area contributed by atoms with Crippen molar-refractivity contribution < 1.29 is 0 Å². The SMILES string of the molecule is CC=CCCCc1cccc(Br)c1. The van der Waals surface area contributed by atoms with E-state index in [0.29, 0.717) is 0 Å². The van der Waals surface area contributed by atoms with Crippen molar-refractivity contribution in [1.29, 1.82) is 0 Å². The van der Waals surface area contributed by atoms with Crippen LogP contribution in [0.25, 0.3) is 0 Å². The molecule has 1 aromatic carbocycles. The van der Waals surface area contributed by atoms with Crippen molar-refractivity contribution in [2.24, 2.45) is 0 Å². The second-order valence-corrected chi connectivity index (χ2v) is 4.01. The maximum atomic E-state index is 3.47. The van der Waals surface area contributed by atoms with Crippen LogP contribution < -0.4 is 0 Å². The van der Waals surface area contributed by atoms with Crippen LogP contribution >= 0.6 is 15.9 Å². The van der Waals surface area contributed by atoms with Crippen molar-refractivity contribution in [2.75, 3.05) is 0 Å². The maximum Gasteiger partial charge on any atom is 0.0177 e. The third-order valence-corrected chi connectivity index (χ3v) is 2.45. The second-order valence-electron chi connectivity index (χ2n) is 3.09. The summed E-state index contributed by atoms with van der Waals surface area (Å²) in [7, 11) is 0. The number of aryl methyl sites for hydroxylation is 1. The number of allylic oxidation sites excluding steroid dienone is 2. The minimum absolute atomic E-state index is 1.17. The Morgan fingerprint density at radius 2 is 2.23 bits per heavy atom. The van der Waals surface area contributed by atoms with E-state index in [1.54, 1.807) is 0 Å². The zero-order valence-corrected chi connectivity index (χ0v) is 9.55. The molecule has 0 nitrogen and oxygen atoms in total. The summed E-state index contributed by atoms with van der Waals surface area (Å²) in [5, 5.41) is 0.